The summed E-state index contributed by atoms with van der Waals surface area (Å²) >= 11 is 9.45. The number of nitrogens with two attached hydrogens (primary N) is 1. The summed E-state index contributed by atoms with van der Waals surface area (Å²) in [5.41, 5.74) is 6.60. The van der Waals surface area contributed by atoms with Crippen LogP contribution in [0.2, 0.25) is 5.02 Å². The molecule has 1 aromatic rings. The van der Waals surface area contributed by atoms with E-state index in [0.717, 1.165) is 27.1 Å². The van der Waals surface area contributed by atoms with Gasteiger partial charge in [-0.25, -0.2) is 0 Å². The molecule has 0 bridgehead atoms. The normalized spacial score (nSPS) is 10.3. The Balaban J connectivity index is 2.59. The molecule has 0 heterocycles. The van der Waals surface area contributed by atoms with Gasteiger partial charge in [-0.2, -0.15) is 11.8 Å². The molecule has 72 valence electrons. The molecule has 0 aliphatic carbocycles. The van der Waals surface area contributed by atoms with Crippen LogP contribution in [0.3, 0.4) is 0 Å². The molecule has 2 N–H and O–H groups in total. The highest BCUT2D eigenvalue weighted by Crippen LogP contribution is 2.28. The van der Waals surface area contributed by atoms with Crippen molar-refractivity contribution in [2.24, 2.45) is 0 Å². The Kier molecular flexibility index (Phi) is 4.84. The summed E-state index contributed by atoms with van der Waals surface area (Å²) < 4.78 is 0. The fourth-order valence-electron chi connectivity index (χ4n) is 0.868. The van der Waals surface area contributed by atoms with Gasteiger partial charge in [-0.05, 0) is 24.5 Å². The molecule has 0 saturated carbocycles. The number of anilines is 1. The van der Waals surface area contributed by atoms with E-state index in [9.17, 15) is 0 Å². The van der Waals surface area contributed by atoms with Crippen molar-refractivity contribution in [3.63, 3.8) is 0 Å². The van der Waals surface area contributed by atoms with E-state index >= 15 is 0 Å². The number of halogens is 1. The van der Waals surface area contributed by atoms with Gasteiger partial charge in [0, 0.05) is 27.1 Å². The second-order valence-electron chi connectivity index (χ2n) is 2.52. The third-order valence-electron chi connectivity index (χ3n) is 1.52. The van der Waals surface area contributed by atoms with Crippen LogP contribution in [-0.4, -0.2) is 17.8 Å². The molecule has 0 unspecified atom stereocenters. The predicted octanol–water partition coefficient (Wildman–Crippen LogP) is 3.38. The minimum atomic E-state index is 0.751. The van der Waals surface area contributed by atoms with Gasteiger partial charge in [0.2, 0.25) is 0 Å². The molecule has 0 aliphatic heterocycles. The van der Waals surface area contributed by atoms with Crippen LogP contribution in [0.25, 0.3) is 0 Å². The molecule has 1 rings (SSSR count). The Hall–Kier alpha value is 0.01000. The highest BCUT2D eigenvalue weighted by Gasteiger charge is 2.00. The van der Waals surface area contributed by atoms with E-state index in [1.165, 1.54) is 0 Å². The number of benzene rings is 1. The third kappa shape index (κ3) is 3.71. The molecular weight excluding hydrogens is 222 g/mol. The van der Waals surface area contributed by atoms with Gasteiger partial charge in [-0.15, -0.1) is 11.8 Å². The quantitative estimate of drug-likeness (QED) is 0.491. The maximum atomic E-state index is 5.86. The molecule has 13 heavy (non-hydrogen) atoms. The number of hydrogen-bond acceptors (Lipinski definition) is 3. The SMILES string of the molecule is CSCCSc1cc(Cl)ccc1N. The third-order valence-corrected chi connectivity index (χ3v) is 3.70. The molecule has 0 radical (unpaired) electrons. The summed E-state index contributed by atoms with van der Waals surface area (Å²) in [4.78, 5) is 1.08. The zero-order valence-electron chi connectivity index (χ0n) is 7.42. The van der Waals surface area contributed by atoms with Gasteiger partial charge < -0.3 is 5.73 Å². The van der Waals surface area contributed by atoms with Crippen LogP contribution >= 0.6 is 35.1 Å². The first kappa shape index (κ1) is 11.1. The number of nitrogen functional groups attached to an aromatic ring is 1. The topological polar surface area (TPSA) is 26.0 Å². The van der Waals surface area contributed by atoms with Crippen molar-refractivity contribution in [2.45, 2.75) is 4.90 Å². The summed E-state index contributed by atoms with van der Waals surface area (Å²) in [6, 6.07) is 5.58. The first-order chi connectivity index (χ1) is 6.24. The van der Waals surface area contributed by atoms with E-state index in [2.05, 4.69) is 6.26 Å². The zero-order valence-corrected chi connectivity index (χ0v) is 9.81. The summed E-state index contributed by atoms with van der Waals surface area (Å²) in [5, 5.41) is 0.751. The average molecular weight is 234 g/mol. The Morgan fingerprint density at radius 3 is 2.85 bits per heavy atom. The van der Waals surface area contributed by atoms with Crippen LogP contribution < -0.4 is 5.73 Å². The van der Waals surface area contributed by atoms with Crippen molar-refractivity contribution in [1.29, 1.82) is 0 Å². The highest BCUT2D eigenvalue weighted by atomic mass is 35.5. The Morgan fingerprint density at radius 2 is 2.15 bits per heavy atom. The number of rotatable bonds is 4. The van der Waals surface area contributed by atoms with Gasteiger partial charge in [0.05, 0.1) is 0 Å². The van der Waals surface area contributed by atoms with Crippen LogP contribution in [0.1, 0.15) is 0 Å². The molecule has 0 atom stereocenters. The molecule has 0 aliphatic rings. The summed E-state index contributed by atoms with van der Waals surface area (Å²) in [6.07, 6.45) is 2.10. The zero-order chi connectivity index (χ0) is 9.68. The average Bonchev–Trinajstić information content (AvgIpc) is 2.11. The second-order valence-corrected chi connectivity index (χ2v) is 5.08. The first-order valence-electron chi connectivity index (χ1n) is 3.91. The van der Waals surface area contributed by atoms with Crippen molar-refractivity contribution in [3.05, 3.63) is 23.2 Å². The van der Waals surface area contributed by atoms with Crippen molar-refractivity contribution in [3.8, 4) is 0 Å². The van der Waals surface area contributed by atoms with Crippen molar-refractivity contribution >= 4 is 40.8 Å². The van der Waals surface area contributed by atoms with Gasteiger partial charge in [0.15, 0.2) is 0 Å². The van der Waals surface area contributed by atoms with Gasteiger partial charge >= 0.3 is 0 Å². The predicted molar refractivity (Wildman–Crippen MR) is 65.0 cm³/mol. The summed E-state index contributed by atoms with van der Waals surface area (Å²) in [6.45, 7) is 0. The van der Waals surface area contributed by atoms with Gasteiger partial charge in [0.1, 0.15) is 0 Å². The molecule has 0 spiro atoms. The number of hydrogen-bond donors (Lipinski definition) is 1. The molecule has 0 amide bonds. The number of thioether (sulfide) groups is 2. The largest absolute Gasteiger partial charge is 0.398 e. The van der Waals surface area contributed by atoms with Crippen LogP contribution in [0, 0.1) is 0 Å². The lowest BCUT2D eigenvalue weighted by Gasteiger charge is -2.04. The van der Waals surface area contributed by atoms with E-state index in [-0.39, 0.29) is 0 Å². The van der Waals surface area contributed by atoms with Crippen LogP contribution in [0.4, 0.5) is 5.69 Å². The minimum absolute atomic E-state index is 0.751. The molecule has 1 nitrogen and oxygen atoms in total. The van der Waals surface area contributed by atoms with Crippen LogP contribution in [-0.2, 0) is 0 Å². The fraction of sp³-hybridized carbons (Fsp3) is 0.333. The van der Waals surface area contributed by atoms with Gasteiger partial charge in [-0.3, -0.25) is 0 Å². The Labute approximate surface area is 92.4 Å². The molecule has 0 fully saturated rings. The molecule has 1 aromatic carbocycles. The fourth-order valence-corrected chi connectivity index (χ4v) is 2.77. The van der Waals surface area contributed by atoms with E-state index in [1.54, 1.807) is 11.8 Å². The summed E-state index contributed by atoms with van der Waals surface area (Å²) in [7, 11) is 0. The molecule has 4 heteroatoms. The monoisotopic (exact) mass is 233 g/mol. The lowest BCUT2D eigenvalue weighted by atomic mass is 10.3. The lowest BCUT2D eigenvalue weighted by Crippen LogP contribution is -1.90. The Morgan fingerprint density at radius 1 is 1.38 bits per heavy atom. The van der Waals surface area contributed by atoms with E-state index in [4.69, 9.17) is 17.3 Å². The van der Waals surface area contributed by atoms with E-state index < -0.39 is 0 Å². The van der Waals surface area contributed by atoms with Crippen molar-refractivity contribution in [1.82, 2.24) is 0 Å². The highest BCUT2D eigenvalue weighted by molar-refractivity contribution is 8.02. The van der Waals surface area contributed by atoms with Crippen molar-refractivity contribution in [2.75, 3.05) is 23.5 Å². The van der Waals surface area contributed by atoms with E-state index in [1.807, 2.05) is 30.0 Å². The maximum absolute atomic E-state index is 5.86. The molecule has 0 saturated heterocycles. The van der Waals surface area contributed by atoms with Crippen LogP contribution in [0.15, 0.2) is 23.1 Å². The van der Waals surface area contributed by atoms with Crippen LogP contribution in [0.5, 0.6) is 0 Å². The molecule has 0 aromatic heterocycles. The standard InChI is InChI=1S/C9H12ClNS2/c1-12-4-5-13-9-6-7(10)2-3-8(9)11/h2-3,6H,4-5,11H2,1H3. The molecular formula is C9H12ClNS2. The first-order valence-corrected chi connectivity index (χ1v) is 6.66. The van der Waals surface area contributed by atoms with Gasteiger partial charge in [0.25, 0.3) is 0 Å². The van der Waals surface area contributed by atoms with E-state index in [0.29, 0.717) is 0 Å². The summed E-state index contributed by atoms with van der Waals surface area (Å²) in [5.74, 6) is 2.21. The maximum Gasteiger partial charge on any atom is 0.0453 e. The second kappa shape index (κ2) is 5.68. The van der Waals surface area contributed by atoms with Crippen molar-refractivity contribution < 1.29 is 0 Å². The minimum Gasteiger partial charge on any atom is -0.398 e. The lowest BCUT2D eigenvalue weighted by molar-refractivity contribution is 1.44. The smallest absolute Gasteiger partial charge is 0.0453 e. The Bertz CT molecular complexity index is 278. The van der Waals surface area contributed by atoms with Gasteiger partial charge in [-0.1, -0.05) is 11.6 Å².